The Balaban J connectivity index is 1.47. The Morgan fingerprint density at radius 3 is 1.79 bits per heavy atom. The molecule has 5 aromatic rings. The molecule has 8 nitrogen and oxygen atoms in total. The molecule has 1 atom stereocenters. The molecule has 1 N–H and O–H groups in total. The van der Waals surface area contributed by atoms with Gasteiger partial charge in [-0.3, -0.25) is 4.79 Å². The van der Waals surface area contributed by atoms with Gasteiger partial charge in [-0.15, -0.1) is 0 Å². The molecule has 0 saturated carbocycles. The number of para-hydroxylation sites is 1. The van der Waals surface area contributed by atoms with Gasteiger partial charge < -0.3 is 19.5 Å². The lowest BCUT2D eigenvalue weighted by molar-refractivity contribution is -0.124. The largest absolute Gasteiger partial charge is 0.497 e. The summed E-state index contributed by atoms with van der Waals surface area (Å²) in [5.74, 6) is 0.470. The lowest BCUT2D eigenvalue weighted by atomic mass is 10.0. The van der Waals surface area contributed by atoms with Gasteiger partial charge in [-0.25, -0.2) is 14.8 Å². The van der Waals surface area contributed by atoms with Crippen LogP contribution in [-0.4, -0.2) is 42.2 Å². The number of hydrogen-bond acceptors (Lipinski definition) is 7. The lowest BCUT2D eigenvalue weighted by Gasteiger charge is -2.18. The molecule has 5 rings (SSSR count). The van der Waals surface area contributed by atoms with E-state index in [1.165, 1.54) is 0 Å². The minimum Gasteiger partial charge on any atom is -0.497 e. The quantitative estimate of drug-likeness (QED) is 0.186. The lowest BCUT2D eigenvalue weighted by Crippen LogP contribution is -2.32. The number of rotatable bonds is 9. The molecule has 0 radical (unpaired) electrons. The third kappa shape index (κ3) is 6.33. The van der Waals surface area contributed by atoms with Gasteiger partial charge in [-0.1, -0.05) is 25.1 Å². The molecule has 1 aromatic heterocycles. The number of amides is 1. The first-order valence-corrected chi connectivity index (χ1v) is 14.0. The summed E-state index contributed by atoms with van der Waals surface area (Å²) in [5.41, 5.74) is 7.03. The van der Waals surface area contributed by atoms with E-state index in [1.807, 2.05) is 80.6 Å². The highest BCUT2D eigenvalue weighted by Gasteiger charge is 2.24. The van der Waals surface area contributed by atoms with E-state index in [1.54, 1.807) is 39.3 Å². The van der Waals surface area contributed by atoms with E-state index >= 15 is 0 Å². The van der Waals surface area contributed by atoms with Crippen molar-refractivity contribution in [3.05, 3.63) is 102 Å². The minimum atomic E-state index is -0.958. The molecule has 1 heterocycles. The van der Waals surface area contributed by atoms with Gasteiger partial charge in [-0.2, -0.15) is 0 Å². The number of aryl methyl sites for hydroxylation is 2. The third-order valence-electron chi connectivity index (χ3n) is 7.27. The van der Waals surface area contributed by atoms with Crippen LogP contribution in [-0.2, 0) is 9.53 Å². The topological polar surface area (TPSA) is 99.6 Å². The van der Waals surface area contributed by atoms with Crippen molar-refractivity contribution in [3.63, 3.8) is 0 Å². The van der Waals surface area contributed by atoms with Crippen LogP contribution < -0.4 is 14.8 Å². The van der Waals surface area contributed by atoms with Crippen LogP contribution in [0.5, 0.6) is 11.5 Å². The highest BCUT2D eigenvalue weighted by molar-refractivity contribution is 5.99. The summed E-state index contributed by atoms with van der Waals surface area (Å²) >= 11 is 0. The highest BCUT2D eigenvalue weighted by atomic mass is 16.5. The van der Waals surface area contributed by atoms with Gasteiger partial charge in [0.15, 0.2) is 6.10 Å². The number of aromatic nitrogens is 2. The van der Waals surface area contributed by atoms with Crippen molar-refractivity contribution < 1.29 is 23.8 Å². The number of ether oxygens (including phenoxy) is 3. The fraction of sp³-hybridized carbons (Fsp3) is 0.200. The number of carbonyl (C=O) groups excluding carboxylic acids is 2. The zero-order valence-electron chi connectivity index (χ0n) is 24.8. The molecule has 0 saturated heterocycles. The van der Waals surface area contributed by atoms with Gasteiger partial charge >= 0.3 is 5.97 Å². The molecule has 0 fully saturated rings. The second-order valence-electron chi connectivity index (χ2n) is 10.1. The van der Waals surface area contributed by atoms with Crippen LogP contribution in [0.25, 0.3) is 33.5 Å². The van der Waals surface area contributed by atoms with E-state index < -0.39 is 12.1 Å². The normalized spacial score (nSPS) is 11.6. The molecular weight excluding hydrogens is 542 g/mol. The molecule has 1 unspecified atom stereocenters. The van der Waals surface area contributed by atoms with Gasteiger partial charge in [0.1, 0.15) is 11.5 Å². The molecule has 1 amide bonds. The summed E-state index contributed by atoms with van der Waals surface area (Å²) in [6, 6.07) is 26.0. The van der Waals surface area contributed by atoms with Crippen LogP contribution in [0.3, 0.4) is 0 Å². The SMILES string of the molecule is CCC(OC(=O)c1ccc2nc(-c3ccc(OC)cc3)c(-c3ccc(OC)cc3)nc2c1)C(=O)Nc1c(C)cccc1C. The van der Waals surface area contributed by atoms with Crippen molar-refractivity contribution in [2.75, 3.05) is 19.5 Å². The second kappa shape index (κ2) is 12.7. The summed E-state index contributed by atoms with van der Waals surface area (Å²) in [7, 11) is 3.24. The first-order valence-electron chi connectivity index (χ1n) is 14.0. The van der Waals surface area contributed by atoms with Crippen molar-refractivity contribution in [1.29, 1.82) is 0 Å². The molecule has 8 heteroatoms. The van der Waals surface area contributed by atoms with Crippen LogP contribution in [0.2, 0.25) is 0 Å². The van der Waals surface area contributed by atoms with E-state index in [-0.39, 0.29) is 11.5 Å². The number of methoxy groups -OCH3 is 2. The van der Waals surface area contributed by atoms with Crippen LogP contribution in [0, 0.1) is 13.8 Å². The monoisotopic (exact) mass is 575 g/mol. The van der Waals surface area contributed by atoms with Crippen LogP contribution in [0.4, 0.5) is 5.69 Å². The van der Waals surface area contributed by atoms with Gasteiger partial charge in [0.2, 0.25) is 0 Å². The number of carbonyl (C=O) groups is 2. The summed E-state index contributed by atoms with van der Waals surface area (Å²) in [4.78, 5) is 36.2. The predicted octanol–water partition coefficient (Wildman–Crippen LogP) is 7.17. The van der Waals surface area contributed by atoms with Crippen molar-refractivity contribution in [3.8, 4) is 34.0 Å². The maximum Gasteiger partial charge on any atom is 0.338 e. The van der Waals surface area contributed by atoms with E-state index in [4.69, 9.17) is 24.2 Å². The van der Waals surface area contributed by atoms with Crippen molar-refractivity contribution >= 4 is 28.6 Å². The molecular formula is C35H33N3O5. The van der Waals surface area contributed by atoms with Gasteiger partial charge in [0.05, 0.1) is 42.2 Å². The average molecular weight is 576 g/mol. The Bertz CT molecular complexity index is 1760. The van der Waals surface area contributed by atoms with Crippen molar-refractivity contribution in [2.24, 2.45) is 0 Å². The van der Waals surface area contributed by atoms with Gasteiger partial charge in [-0.05, 0) is 98.1 Å². The maximum atomic E-state index is 13.2. The van der Waals surface area contributed by atoms with Crippen LogP contribution in [0.1, 0.15) is 34.8 Å². The number of esters is 1. The Hall–Kier alpha value is -5.24. The Morgan fingerprint density at radius 1 is 0.744 bits per heavy atom. The maximum absolute atomic E-state index is 13.2. The summed E-state index contributed by atoms with van der Waals surface area (Å²) in [6.07, 6.45) is -0.636. The first kappa shape index (κ1) is 29.3. The molecule has 0 aliphatic rings. The molecule has 0 spiro atoms. The Morgan fingerprint density at radius 2 is 1.28 bits per heavy atom. The van der Waals surface area contributed by atoms with Gasteiger partial charge in [0.25, 0.3) is 5.91 Å². The predicted molar refractivity (Wildman–Crippen MR) is 168 cm³/mol. The summed E-state index contributed by atoms with van der Waals surface area (Å²) in [6.45, 7) is 5.65. The fourth-order valence-corrected chi connectivity index (χ4v) is 4.82. The number of nitrogens with one attached hydrogen (secondary N) is 1. The van der Waals surface area contributed by atoms with Crippen molar-refractivity contribution in [1.82, 2.24) is 9.97 Å². The number of hydrogen-bond donors (Lipinski definition) is 1. The first-order chi connectivity index (χ1) is 20.8. The number of benzene rings is 4. The number of nitrogens with zero attached hydrogens (tertiary/aromatic N) is 2. The van der Waals surface area contributed by atoms with E-state index in [0.29, 0.717) is 28.8 Å². The van der Waals surface area contributed by atoms with Crippen molar-refractivity contribution in [2.45, 2.75) is 33.3 Å². The van der Waals surface area contributed by atoms with E-state index in [9.17, 15) is 9.59 Å². The Kier molecular flexibility index (Phi) is 8.66. The smallest absolute Gasteiger partial charge is 0.338 e. The number of anilines is 1. The molecule has 218 valence electrons. The minimum absolute atomic E-state index is 0.276. The molecule has 4 aromatic carbocycles. The molecule has 0 aliphatic heterocycles. The van der Waals surface area contributed by atoms with E-state index in [0.717, 1.165) is 39.4 Å². The number of fused-ring (bicyclic) bond motifs is 1. The highest BCUT2D eigenvalue weighted by Crippen LogP contribution is 2.33. The van der Waals surface area contributed by atoms with Gasteiger partial charge in [0, 0.05) is 16.8 Å². The van der Waals surface area contributed by atoms with E-state index in [2.05, 4.69) is 5.32 Å². The fourth-order valence-electron chi connectivity index (χ4n) is 4.82. The zero-order chi connectivity index (χ0) is 30.5. The molecule has 43 heavy (non-hydrogen) atoms. The second-order valence-corrected chi connectivity index (χ2v) is 10.1. The zero-order valence-corrected chi connectivity index (χ0v) is 24.8. The van der Waals surface area contributed by atoms with Crippen LogP contribution in [0.15, 0.2) is 84.9 Å². The summed E-state index contributed by atoms with van der Waals surface area (Å²) < 4.78 is 16.3. The molecule has 0 bridgehead atoms. The third-order valence-corrected chi connectivity index (χ3v) is 7.27. The average Bonchev–Trinajstić information content (AvgIpc) is 3.04. The van der Waals surface area contributed by atoms with Crippen LogP contribution >= 0.6 is 0 Å². The Labute approximate surface area is 250 Å². The summed E-state index contributed by atoms with van der Waals surface area (Å²) in [5, 5.41) is 2.92. The standard InChI is InChI=1S/C35H33N3O5/c1-6-30(34(39)38-31-21(2)8-7-9-22(31)3)43-35(40)25-14-19-28-29(20-25)37-33(24-12-17-27(42-5)18-13-24)32(36-28)23-10-15-26(41-4)16-11-23/h7-20,30H,6H2,1-5H3,(H,38,39). The molecule has 0 aliphatic carbocycles.